The van der Waals surface area contributed by atoms with E-state index in [1.54, 1.807) is 0 Å². The number of benzene rings is 1. The average Bonchev–Trinajstić information content (AvgIpc) is 2.63. The van der Waals surface area contributed by atoms with Crippen LogP contribution in [0.25, 0.3) is 11.0 Å². The molecule has 0 bridgehead atoms. The summed E-state index contributed by atoms with van der Waals surface area (Å²) < 4.78 is 18.3. The van der Waals surface area contributed by atoms with Crippen LogP contribution in [-0.2, 0) is 6.42 Å². The van der Waals surface area contributed by atoms with Crippen molar-refractivity contribution in [1.82, 2.24) is 0 Å². The van der Waals surface area contributed by atoms with E-state index in [1.165, 1.54) is 18.4 Å². The summed E-state index contributed by atoms with van der Waals surface area (Å²) in [5.74, 6) is -0.426. The van der Waals surface area contributed by atoms with Gasteiger partial charge in [-0.2, -0.15) is 0 Å². The molecule has 2 nitrogen and oxygen atoms in total. The molecule has 0 aliphatic carbocycles. The molecule has 0 radical (unpaired) electrons. The summed E-state index contributed by atoms with van der Waals surface area (Å²) in [4.78, 5) is 10.7. The molecule has 0 amide bonds. The molecule has 0 unspecified atom stereocenters. The smallest absolute Gasteiger partial charge is 0.170 e. The highest BCUT2D eigenvalue weighted by Crippen LogP contribution is 2.26. The first-order chi connectivity index (χ1) is 6.77. The Bertz CT molecular complexity index is 485. The van der Waals surface area contributed by atoms with Crippen molar-refractivity contribution < 1.29 is 13.6 Å². The van der Waals surface area contributed by atoms with E-state index in [4.69, 9.17) is 4.42 Å². The highest BCUT2D eigenvalue weighted by Gasteiger charge is 2.12. The van der Waals surface area contributed by atoms with Gasteiger partial charge in [0.25, 0.3) is 0 Å². The molecular weight excluding hydrogens is 183 g/mol. The van der Waals surface area contributed by atoms with Gasteiger partial charge in [-0.05, 0) is 24.1 Å². The molecule has 72 valence electrons. The van der Waals surface area contributed by atoms with E-state index in [-0.39, 0.29) is 5.58 Å². The van der Waals surface area contributed by atoms with Gasteiger partial charge >= 0.3 is 0 Å². The number of aldehydes is 1. The van der Waals surface area contributed by atoms with Gasteiger partial charge < -0.3 is 4.42 Å². The average molecular weight is 192 g/mol. The van der Waals surface area contributed by atoms with E-state index in [2.05, 4.69) is 0 Å². The minimum Gasteiger partial charge on any atom is -0.461 e. The topological polar surface area (TPSA) is 30.2 Å². The fourth-order valence-corrected chi connectivity index (χ4v) is 1.57. The van der Waals surface area contributed by atoms with E-state index in [0.717, 1.165) is 18.3 Å². The molecule has 1 aromatic heterocycles. The van der Waals surface area contributed by atoms with Crippen molar-refractivity contribution in [3.05, 3.63) is 35.3 Å². The first-order valence-corrected chi connectivity index (χ1v) is 4.41. The summed E-state index contributed by atoms with van der Waals surface area (Å²) in [6.45, 7) is 1.93. The van der Waals surface area contributed by atoms with Crippen molar-refractivity contribution in [2.24, 2.45) is 0 Å². The number of carbonyl (C=O) groups excluding carboxylic acids is 1. The van der Waals surface area contributed by atoms with E-state index in [9.17, 15) is 9.18 Å². The second-order valence-corrected chi connectivity index (χ2v) is 3.07. The van der Waals surface area contributed by atoms with Crippen LogP contribution in [0.2, 0.25) is 0 Å². The van der Waals surface area contributed by atoms with Gasteiger partial charge in [-0.1, -0.05) is 6.92 Å². The zero-order valence-corrected chi connectivity index (χ0v) is 7.71. The van der Waals surface area contributed by atoms with Gasteiger partial charge in [0.1, 0.15) is 0 Å². The monoisotopic (exact) mass is 192 g/mol. The van der Waals surface area contributed by atoms with Crippen LogP contribution in [0.4, 0.5) is 4.39 Å². The number of aryl methyl sites for hydroxylation is 1. The SMILES string of the molecule is CCc1coc2c(F)ccc(C=O)c12. The van der Waals surface area contributed by atoms with Crippen molar-refractivity contribution in [2.75, 3.05) is 0 Å². The number of halogens is 1. The summed E-state index contributed by atoms with van der Waals surface area (Å²) in [5, 5.41) is 0.600. The maximum atomic E-state index is 13.2. The Morgan fingerprint density at radius 1 is 1.50 bits per heavy atom. The van der Waals surface area contributed by atoms with Gasteiger partial charge in [-0.15, -0.1) is 0 Å². The molecule has 3 heteroatoms. The Morgan fingerprint density at radius 2 is 2.29 bits per heavy atom. The quantitative estimate of drug-likeness (QED) is 0.685. The van der Waals surface area contributed by atoms with Crippen LogP contribution < -0.4 is 0 Å². The predicted molar refractivity (Wildman–Crippen MR) is 50.9 cm³/mol. The highest BCUT2D eigenvalue weighted by atomic mass is 19.1. The Kier molecular flexibility index (Phi) is 2.08. The Balaban J connectivity index is 2.88. The van der Waals surface area contributed by atoms with Crippen LogP contribution in [0.3, 0.4) is 0 Å². The van der Waals surface area contributed by atoms with E-state index in [0.29, 0.717) is 10.9 Å². The summed E-state index contributed by atoms with van der Waals surface area (Å²) in [5.41, 5.74) is 1.51. The van der Waals surface area contributed by atoms with Crippen molar-refractivity contribution >= 4 is 17.3 Å². The molecule has 0 aliphatic rings. The lowest BCUT2D eigenvalue weighted by molar-refractivity contribution is 0.112. The normalized spacial score (nSPS) is 10.7. The maximum absolute atomic E-state index is 13.2. The zero-order chi connectivity index (χ0) is 10.1. The van der Waals surface area contributed by atoms with Gasteiger partial charge in [0.15, 0.2) is 17.7 Å². The van der Waals surface area contributed by atoms with E-state index >= 15 is 0 Å². The van der Waals surface area contributed by atoms with Crippen LogP contribution in [0, 0.1) is 5.82 Å². The molecule has 0 atom stereocenters. The molecule has 0 saturated heterocycles. The van der Waals surface area contributed by atoms with Gasteiger partial charge in [0.05, 0.1) is 6.26 Å². The third-order valence-electron chi connectivity index (χ3n) is 2.29. The lowest BCUT2D eigenvalue weighted by Gasteiger charge is -1.96. The van der Waals surface area contributed by atoms with Crippen molar-refractivity contribution in [3.63, 3.8) is 0 Å². The molecule has 0 fully saturated rings. The van der Waals surface area contributed by atoms with Gasteiger partial charge in [0, 0.05) is 10.9 Å². The Hall–Kier alpha value is -1.64. The number of fused-ring (bicyclic) bond motifs is 1. The van der Waals surface area contributed by atoms with Crippen LogP contribution in [0.1, 0.15) is 22.8 Å². The largest absolute Gasteiger partial charge is 0.461 e. The number of hydrogen-bond donors (Lipinski definition) is 0. The number of hydrogen-bond acceptors (Lipinski definition) is 2. The standard InChI is InChI=1S/C11H9FO2/c1-2-7-6-14-11-9(12)4-3-8(5-13)10(7)11/h3-6H,2H2,1H3. The number of furan rings is 1. The molecular formula is C11H9FO2. The van der Waals surface area contributed by atoms with Crippen LogP contribution >= 0.6 is 0 Å². The summed E-state index contributed by atoms with van der Waals surface area (Å²) in [6, 6.07) is 2.72. The first-order valence-electron chi connectivity index (χ1n) is 4.41. The number of carbonyl (C=O) groups is 1. The second-order valence-electron chi connectivity index (χ2n) is 3.07. The first kappa shape index (κ1) is 8.94. The fraction of sp³-hybridized carbons (Fsp3) is 0.182. The van der Waals surface area contributed by atoms with E-state index in [1.807, 2.05) is 6.92 Å². The van der Waals surface area contributed by atoms with Crippen molar-refractivity contribution in [1.29, 1.82) is 0 Å². The van der Waals surface area contributed by atoms with Crippen LogP contribution in [0.5, 0.6) is 0 Å². The minimum atomic E-state index is -0.426. The molecule has 14 heavy (non-hydrogen) atoms. The summed E-state index contributed by atoms with van der Waals surface area (Å²) in [6.07, 6.45) is 2.94. The molecule has 2 aromatic rings. The third kappa shape index (κ3) is 1.13. The lowest BCUT2D eigenvalue weighted by atomic mass is 10.1. The summed E-state index contributed by atoms with van der Waals surface area (Å²) in [7, 11) is 0. The molecule has 0 aliphatic heterocycles. The minimum absolute atomic E-state index is 0.173. The third-order valence-corrected chi connectivity index (χ3v) is 2.29. The molecule has 1 aromatic carbocycles. The van der Waals surface area contributed by atoms with Crippen LogP contribution in [0.15, 0.2) is 22.8 Å². The number of rotatable bonds is 2. The maximum Gasteiger partial charge on any atom is 0.170 e. The van der Waals surface area contributed by atoms with Gasteiger partial charge in [-0.25, -0.2) is 4.39 Å². The second kappa shape index (κ2) is 3.25. The van der Waals surface area contributed by atoms with Crippen molar-refractivity contribution in [2.45, 2.75) is 13.3 Å². The molecule has 0 saturated carbocycles. The molecule has 2 rings (SSSR count). The molecule has 1 heterocycles. The Morgan fingerprint density at radius 3 is 2.93 bits per heavy atom. The zero-order valence-electron chi connectivity index (χ0n) is 7.71. The predicted octanol–water partition coefficient (Wildman–Crippen LogP) is 2.95. The molecule has 0 N–H and O–H groups in total. The van der Waals surface area contributed by atoms with E-state index < -0.39 is 5.82 Å². The Labute approximate surface area is 80.3 Å². The molecule has 0 spiro atoms. The lowest BCUT2D eigenvalue weighted by Crippen LogP contribution is -1.86. The summed E-state index contributed by atoms with van der Waals surface area (Å²) >= 11 is 0. The highest BCUT2D eigenvalue weighted by molar-refractivity contribution is 5.98. The van der Waals surface area contributed by atoms with Gasteiger partial charge in [0.2, 0.25) is 0 Å². The fourth-order valence-electron chi connectivity index (χ4n) is 1.57. The van der Waals surface area contributed by atoms with Gasteiger partial charge in [-0.3, -0.25) is 4.79 Å². The van der Waals surface area contributed by atoms with Crippen LogP contribution in [-0.4, -0.2) is 6.29 Å². The van der Waals surface area contributed by atoms with Crippen molar-refractivity contribution in [3.8, 4) is 0 Å².